The Bertz CT molecular complexity index is 247. The van der Waals surface area contributed by atoms with Crippen LogP contribution in [0.3, 0.4) is 0 Å². The Morgan fingerprint density at radius 2 is 2.17 bits per heavy atom. The molecule has 0 aliphatic heterocycles. The molecule has 0 aliphatic carbocycles. The van der Waals surface area contributed by atoms with E-state index < -0.39 is 0 Å². The lowest BCUT2D eigenvalue weighted by Gasteiger charge is -2.19. The van der Waals surface area contributed by atoms with E-state index in [0.29, 0.717) is 0 Å². The van der Waals surface area contributed by atoms with E-state index in [9.17, 15) is 0 Å². The molecule has 0 amide bonds. The van der Waals surface area contributed by atoms with E-state index in [-0.39, 0.29) is 5.54 Å². The molecule has 2 nitrogen and oxygen atoms in total. The van der Waals surface area contributed by atoms with Crippen molar-refractivity contribution in [2.45, 2.75) is 39.8 Å². The lowest BCUT2D eigenvalue weighted by atomic mass is 10.1. The van der Waals surface area contributed by atoms with Crippen molar-refractivity contribution in [2.24, 2.45) is 0 Å². The summed E-state index contributed by atoms with van der Waals surface area (Å²) in [6.07, 6.45) is 0. The van der Waals surface area contributed by atoms with Crippen molar-refractivity contribution in [3.05, 3.63) is 16.1 Å². The van der Waals surface area contributed by atoms with Crippen LogP contribution in [0.1, 0.15) is 31.3 Å². The molecule has 0 atom stereocenters. The molecule has 0 unspecified atom stereocenters. The van der Waals surface area contributed by atoms with E-state index >= 15 is 0 Å². The van der Waals surface area contributed by atoms with Gasteiger partial charge in [0.15, 0.2) is 0 Å². The van der Waals surface area contributed by atoms with Gasteiger partial charge in [-0.15, -0.1) is 11.3 Å². The summed E-state index contributed by atoms with van der Waals surface area (Å²) >= 11 is 1.72. The van der Waals surface area contributed by atoms with Crippen LogP contribution in [0.5, 0.6) is 0 Å². The van der Waals surface area contributed by atoms with Crippen molar-refractivity contribution >= 4 is 11.3 Å². The monoisotopic (exact) mass is 184 g/mol. The molecule has 1 heterocycles. The summed E-state index contributed by atoms with van der Waals surface area (Å²) in [5.41, 5.74) is 3.24. The van der Waals surface area contributed by atoms with Crippen LogP contribution in [0, 0.1) is 6.92 Å². The summed E-state index contributed by atoms with van der Waals surface area (Å²) in [4.78, 5) is 5.53. The van der Waals surface area contributed by atoms with E-state index in [4.69, 9.17) is 0 Å². The SMILES string of the molecule is Cc1ncsc1CNC(C)(C)C. The van der Waals surface area contributed by atoms with Gasteiger partial charge in [-0.2, -0.15) is 0 Å². The van der Waals surface area contributed by atoms with Crippen LogP contribution >= 0.6 is 11.3 Å². The molecule has 0 aliphatic rings. The normalized spacial score (nSPS) is 12.0. The van der Waals surface area contributed by atoms with Crippen LogP contribution in [-0.2, 0) is 6.54 Å². The molecule has 1 aromatic rings. The van der Waals surface area contributed by atoms with Gasteiger partial charge in [0.25, 0.3) is 0 Å². The number of thiazole rings is 1. The summed E-state index contributed by atoms with van der Waals surface area (Å²) in [6, 6.07) is 0. The number of aromatic nitrogens is 1. The zero-order chi connectivity index (χ0) is 9.19. The lowest BCUT2D eigenvalue weighted by molar-refractivity contribution is 0.425. The topological polar surface area (TPSA) is 24.9 Å². The molecule has 3 heteroatoms. The number of aryl methyl sites for hydroxylation is 1. The maximum atomic E-state index is 4.20. The number of hydrogen-bond acceptors (Lipinski definition) is 3. The average molecular weight is 184 g/mol. The first-order chi connectivity index (χ1) is 5.49. The van der Waals surface area contributed by atoms with Gasteiger partial charge in [-0.25, -0.2) is 4.98 Å². The first-order valence-corrected chi connectivity index (χ1v) is 5.01. The fourth-order valence-corrected chi connectivity index (χ4v) is 1.56. The Kier molecular flexibility index (Phi) is 2.85. The molecule has 0 aromatic carbocycles. The van der Waals surface area contributed by atoms with E-state index in [1.54, 1.807) is 11.3 Å². The highest BCUT2D eigenvalue weighted by molar-refractivity contribution is 7.09. The summed E-state index contributed by atoms with van der Waals surface area (Å²) in [5, 5.41) is 3.44. The third-order valence-electron chi connectivity index (χ3n) is 1.62. The molecule has 0 saturated carbocycles. The summed E-state index contributed by atoms with van der Waals surface area (Å²) < 4.78 is 0. The fraction of sp³-hybridized carbons (Fsp3) is 0.667. The number of rotatable bonds is 2. The smallest absolute Gasteiger partial charge is 0.0798 e. The van der Waals surface area contributed by atoms with Gasteiger partial charge in [-0.05, 0) is 27.7 Å². The summed E-state index contributed by atoms with van der Waals surface area (Å²) in [6.45, 7) is 9.49. The van der Waals surface area contributed by atoms with Crippen LogP contribution in [0.15, 0.2) is 5.51 Å². The van der Waals surface area contributed by atoms with Crippen molar-refractivity contribution < 1.29 is 0 Å². The minimum absolute atomic E-state index is 0.191. The summed E-state index contributed by atoms with van der Waals surface area (Å²) in [7, 11) is 0. The third kappa shape index (κ3) is 2.91. The minimum Gasteiger partial charge on any atom is -0.307 e. The number of nitrogens with one attached hydrogen (secondary N) is 1. The van der Waals surface area contributed by atoms with Crippen LogP contribution in [0.25, 0.3) is 0 Å². The van der Waals surface area contributed by atoms with Crippen molar-refractivity contribution in [1.82, 2.24) is 10.3 Å². The molecule has 0 fully saturated rings. The van der Waals surface area contributed by atoms with Crippen LogP contribution in [0.2, 0.25) is 0 Å². The van der Waals surface area contributed by atoms with Crippen molar-refractivity contribution in [1.29, 1.82) is 0 Å². The molecule has 1 N–H and O–H groups in total. The Labute approximate surface area is 78.0 Å². The number of hydrogen-bond donors (Lipinski definition) is 1. The predicted molar refractivity (Wildman–Crippen MR) is 53.4 cm³/mol. The molecular weight excluding hydrogens is 168 g/mol. The summed E-state index contributed by atoms with van der Waals surface area (Å²) in [5.74, 6) is 0. The molecule has 1 rings (SSSR count). The molecule has 0 radical (unpaired) electrons. The van der Waals surface area contributed by atoms with Gasteiger partial charge in [0.2, 0.25) is 0 Å². The Morgan fingerprint density at radius 3 is 2.58 bits per heavy atom. The molecule has 0 saturated heterocycles. The van der Waals surface area contributed by atoms with Gasteiger partial charge in [0.05, 0.1) is 11.2 Å². The Morgan fingerprint density at radius 1 is 1.50 bits per heavy atom. The predicted octanol–water partition coefficient (Wildman–Crippen LogP) is 2.34. The van der Waals surface area contributed by atoms with Gasteiger partial charge >= 0.3 is 0 Å². The zero-order valence-corrected chi connectivity index (χ0v) is 8.96. The largest absolute Gasteiger partial charge is 0.307 e. The average Bonchev–Trinajstić information content (AvgIpc) is 2.29. The molecule has 68 valence electrons. The third-order valence-corrected chi connectivity index (χ3v) is 2.56. The van der Waals surface area contributed by atoms with E-state index in [1.165, 1.54) is 4.88 Å². The van der Waals surface area contributed by atoms with Gasteiger partial charge < -0.3 is 5.32 Å². The highest BCUT2D eigenvalue weighted by Crippen LogP contribution is 2.12. The van der Waals surface area contributed by atoms with Gasteiger partial charge in [0, 0.05) is 17.0 Å². The second-order valence-corrected chi connectivity index (χ2v) is 4.90. The van der Waals surface area contributed by atoms with Gasteiger partial charge in [-0.1, -0.05) is 0 Å². The van der Waals surface area contributed by atoms with Gasteiger partial charge in [-0.3, -0.25) is 0 Å². The van der Waals surface area contributed by atoms with Gasteiger partial charge in [0.1, 0.15) is 0 Å². The molecule has 0 spiro atoms. The molecule has 0 bridgehead atoms. The fourth-order valence-electron chi connectivity index (χ4n) is 0.841. The minimum atomic E-state index is 0.191. The highest BCUT2D eigenvalue weighted by atomic mass is 32.1. The first-order valence-electron chi connectivity index (χ1n) is 4.13. The second-order valence-electron chi connectivity index (χ2n) is 3.96. The molecule has 12 heavy (non-hydrogen) atoms. The van der Waals surface area contributed by atoms with Crippen molar-refractivity contribution in [3.8, 4) is 0 Å². The van der Waals surface area contributed by atoms with Crippen LogP contribution in [-0.4, -0.2) is 10.5 Å². The lowest BCUT2D eigenvalue weighted by Crippen LogP contribution is -2.34. The molecular formula is C9H16N2S. The van der Waals surface area contributed by atoms with Crippen LogP contribution in [0.4, 0.5) is 0 Å². The number of nitrogens with zero attached hydrogens (tertiary/aromatic N) is 1. The Hall–Kier alpha value is -0.410. The maximum absolute atomic E-state index is 4.20. The van der Waals surface area contributed by atoms with Crippen LogP contribution < -0.4 is 5.32 Å². The second kappa shape index (κ2) is 3.54. The maximum Gasteiger partial charge on any atom is 0.0798 e. The Balaban J connectivity index is 2.49. The van der Waals surface area contributed by atoms with E-state index in [0.717, 1.165) is 12.2 Å². The standard InChI is InChI=1S/C9H16N2S/c1-7-8(12-6-10-7)5-11-9(2,3)4/h6,11H,5H2,1-4H3. The quantitative estimate of drug-likeness (QED) is 0.763. The van der Waals surface area contributed by atoms with Crippen molar-refractivity contribution in [2.75, 3.05) is 0 Å². The highest BCUT2D eigenvalue weighted by Gasteiger charge is 2.09. The zero-order valence-electron chi connectivity index (χ0n) is 8.14. The van der Waals surface area contributed by atoms with E-state index in [2.05, 4.69) is 38.0 Å². The van der Waals surface area contributed by atoms with E-state index in [1.807, 2.05) is 5.51 Å². The first kappa shape index (κ1) is 9.68. The van der Waals surface area contributed by atoms with Crippen molar-refractivity contribution in [3.63, 3.8) is 0 Å². The molecule has 1 aromatic heterocycles.